The van der Waals surface area contributed by atoms with Crippen molar-refractivity contribution in [2.24, 2.45) is 0 Å². The third kappa shape index (κ3) is 3.91. The summed E-state index contributed by atoms with van der Waals surface area (Å²) in [6.07, 6.45) is -1.84. The maximum absolute atomic E-state index is 12.8. The summed E-state index contributed by atoms with van der Waals surface area (Å²) in [4.78, 5) is 11.4. The molecule has 0 radical (unpaired) electrons. The molecule has 2 aromatic carbocycles. The Balaban J connectivity index is 1.68. The summed E-state index contributed by atoms with van der Waals surface area (Å²) in [7, 11) is 0. The topological polar surface area (TPSA) is 63.1 Å². The van der Waals surface area contributed by atoms with Crippen molar-refractivity contribution in [2.45, 2.75) is 31.4 Å². The van der Waals surface area contributed by atoms with Gasteiger partial charge in [-0.2, -0.15) is 13.2 Å². The molecule has 1 aliphatic carbocycles. The Morgan fingerprint density at radius 3 is 2.43 bits per heavy atom. The summed E-state index contributed by atoms with van der Waals surface area (Å²) in [6, 6.07) is 9.72. The molecule has 4 nitrogen and oxygen atoms in total. The molecule has 144 valence electrons. The Hall–Kier alpha value is -2.74. The van der Waals surface area contributed by atoms with Gasteiger partial charge < -0.3 is 5.11 Å². The smallest absolute Gasteiger partial charge is 0.416 e. The SMILES string of the molecule is O=C(O)c1ccc(Cc2ccc(C(F)(F)F)cc2)c(-c2nnc(C3CC3)s2)c1. The predicted octanol–water partition coefficient (Wildman–Crippen LogP) is 5.39. The third-order valence-electron chi connectivity index (χ3n) is 4.63. The molecule has 0 amide bonds. The van der Waals surface area contributed by atoms with E-state index < -0.39 is 17.7 Å². The summed E-state index contributed by atoms with van der Waals surface area (Å²) in [5, 5.41) is 19.3. The van der Waals surface area contributed by atoms with Crippen LogP contribution in [0.15, 0.2) is 42.5 Å². The minimum atomic E-state index is -4.38. The Morgan fingerprint density at radius 2 is 1.82 bits per heavy atom. The predicted molar refractivity (Wildman–Crippen MR) is 98.5 cm³/mol. The number of benzene rings is 2. The fraction of sp³-hybridized carbons (Fsp3) is 0.250. The van der Waals surface area contributed by atoms with E-state index in [0.717, 1.165) is 35.5 Å². The van der Waals surface area contributed by atoms with Gasteiger partial charge in [-0.15, -0.1) is 10.2 Å². The lowest BCUT2D eigenvalue weighted by atomic mass is 9.97. The number of aromatic carboxylic acids is 1. The van der Waals surface area contributed by atoms with E-state index in [1.807, 2.05) is 0 Å². The van der Waals surface area contributed by atoms with Crippen LogP contribution in [0.4, 0.5) is 13.2 Å². The van der Waals surface area contributed by atoms with Gasteiger partial charge in [-0.3, -0.25) is 0 Å². The zero-order chi connectivity index (χ0) is 19.9. The van der Waals surface area contributed by atoms with Crippen LogP contribution < -0.4 is 0 Å². The molecular weight excluding hydrogens is 389 g/mol. The monoisotopic (exact) mass is 404 g/mol. The Bertz CT molecular complexity index is 1020. The number of halogens is 3. The van der Waals surface area contributed by atoms with Crippen LogP contribution in [-0.4, -0.2) is 21.3 Å². The van der Waals surface area contributed by atoms with Crippen molar-refractivity contribution in [3.63, 3.8) is 0 Å². The standard InChI is InChI=1S/C20H15F3N2O2S/c21-20(22,23)15-7-1-11(2-8-15)9-13-5-6-14(19(26)27)10-16(13)18-25-24-17(28-18)12-3-4-12/h1-2,5-8,10,12H,3-4,9H2,(H,26,27). The molecule has 0 atom stereocenters. The number of carbonyl (C=O) groups is 1. The first kappa shape index (κ1) is 18.6. The number of alkyl halides is 3. The second-order valence-corrected chi connectivity index (χ2v) is 7.78. The maximum atomic E-state index is 12.8. The first-order chi connectivity index (χ1) is 13.3. The van der Waals surface area contributed by atoms with Crippen molar-refractivity contribution >= 4 is 17.3 Å². The van der Waals surface area contributed by atoms with Gasteiger partial charge in [0.05, 0.1) is 11.1 Å². The van der Waals surface area contributed by atoms with Crippen molar-refractivity contribution in [1.29, 1.82) is 0 Å². The van der Waals surface area contributed by atoms with Crippen LogP contribution in [0.3, 0.4) is 0 Å². The van der Waals surface area contributed by atoms with Gasteiger partial charge in [0.25, 0.3) is 0 Å². The van der Waals surface area contributed by atoms with Gasteiger partial charge in [0, 0.05) is 11.5 Å². The summed E-state index contributed by atoms with van der Waals surface area (Å²) >= 11 is 1.44. The number of nitrogens with zero attached hydrogens (tertiary/aromatic N) is 2. The number of carboxylic acid groups (broad SMARTS) is 1. The van der Waals surface area contributed by atoms with Crippen molar-refractivity contribution in [2.75, 3.05) is 0 Å². The average molecular weight is 404 g/mol. The Morgan fingerprint density at radius 1 is 1.11 bits per heavy atom. The summed E-state index contributed by atoms with van der Waals surface area (Å²) in [5.74, 6) is -0.610. The van der Waals surface area contributed by atoms with Crippen LogP contribution in [0.1, 0.15) is 50.8 Å². The van der Waals surface area contributed by atoms with Crippen molar-refractivity contribution in [3.05, 3.63) is 69.7 Å². The van der Waals surface area contributed by atoms with E-state index in [2.05, 4.69) is 10.2 Å². The third-order valence-corrected chi connectivity index (χ3v) is 5.75. The van der Waals surface area contributed by atoms with E-state index in [-0.39, 0.29) is 5.56 Å². The highest BCUT2D eigenvalue weighted by atomic mass is 32.1. The molecule has 1 fully saturated rings. The largest absolute Gasteiger partial charge is 0.478 e. The molecule has 1 N–H and O–H groups in total. The molecule has 0 bridgehead atoms. The molecule has 0 saturated heterocycles. The molecule has 3 aromatic rings. The van der Waals surface area contributed by atoms with Crippen LogP contribution in [0.2, 0.25) is 0 Å². The van der Waals surface area contributed by atoms with Crippen LogP contribution in [-0.2, 0) is 12.6 Å². The molecule has 1 aromatic heterocycles. The second-order valence-electron chi connectivity index (χ2n) is 6.77. The van der Waals surface area contributed by atoms with E-state index in [1.54, 1.807) is 12.1 Å². The van der Waals surface area contributed by atoms with Gasteiger partial charge in [-0.25, -0.2) is 4.79 Å². The first-order valence-corrected chi connectivity index (χ1v) is 9.49. The lowest BCUT2D eigenvalue weighted by Crippen LogP contribution is -2.04. The Labute approximate surface area is 162 Å². The van der Waals surface area contributed by atoms with Crippen LogP contribution in [0, 0.1) is 0 Å². The van der Waals surface area contributed by atoms with Gasteiger partial charge in [0.15, 0.2) is 0 Å². The molecule has 1 saturated carbocycles. The number of hydrogen-bond donors (Lipinski definition) is 1. The number of rotatable bonds is 5. The summed E-state index contributed by atoms with van der Waals surface area (Å²) < 4.78 is 38.3. The van der Waals surface area contributed by atoms with Gasteiger partial charge >= 0.3 is 12.1 Å². The number of hydrogen-bond acceptors (Lipinski definition) is 4. The lowest BCUT2D eigenvalue weighted by Gasteiger charge is -2.10. The molecule has 1 heterocycles. The fourth-order valence-electron chi connectivity index (χ4n) is 2.93. The van der Waals surface area contributed by atoms with E-state index >= 15 is 0 Å². The van der Waals surface area contributed by atoms with E-state index in [4.69, 9.17) is 0 Å². The molecule has 0 spiro atoms. The lowest BCUT2D eigenvalue weighted by molar-refractivity contribution is -0.137. The van der Waals surface area contributed by atoms with Crippen molar-refractivity contribution in [1.82, 2.24) is 10.2 Å². The highest BCUT2D eigenvalue weighted by Crippen LogP contribution is 2.43. The molecular formula is C20H15F3N2O2S. The zero-order valence-electron chi connectivity index (χ0n) is 14.5. The minimum absolute atomic E-state index is 0.134. The molecule has 0 unspecified atom stereocenters. The Kier molecular flexibility index (Phi) is 4.66. The van der Waals surface area contributed by atoms with Gasteiger partial charge in [-0.05, 0) is 54.7 Å². The van der Waals surface area contributed by atoms with E-state index in [0.29, 0.717) is 28.5 Å². The minimum Gasteiger partial charge on any atom is -0.478 e. The number of aromatic nitrogens is 2. The van der Waals surface area contributed by atoms with Crippen molar-refractivity contribution in [3.8, 4) is 10.6 Å². The summed E-state index contributed by atoms with van der Waals surface area (Å²) in [6.45, 7) is 0. The normalized spacial score (nSPS) is 14.2. The average Bonchev–Trinajstić information content (AvgIpc) is 3.39. The van der Waals surface area contributed by atoms with E-state index in [1.165, 1.54) is 29.5 Å². The molecule has 0 aliphatic heterocycles. The molecule has 1 aliphatic rings. The van der Waals surface area contributed by atoms with Gasteiger partial charge in [0.1, 0.15) is 10.0 Å². The maximum Gasteiger partial charge on any atom is 0.416 e. The fourth-order valence-corrected chi connectivity index (χ4v) is 4.00. The van der Waals surface area contributed by atoms with E-state index in [9.17, 15) is 23.1 Å². The highest BCUT2D eigenvalue weighted by Gasteiger charge is 2.30. The first-order valence-electron chi connectivity index (χ1n) is 8.67. The van der Waals surface area contributed by atoms with Crippen LogP contribution in [0.5, 0.6) is 0 Å². The van der Waals surface area contributed by atoms with Crippen molar-refractivity contribution < 1.29 is 23.1 Å². The second kappa shape index (κ2) is 7.01. The molecule has 8 heteroatoms. The summed E-state index contributed by atoms with van der Waals surface area (Å²) in [5.41, 5.74) is 1.59. The van der Waals surface area contributed by atoms with Crippen LogP contribution in [0.25, 0.3) is 10.6 Å². The van der Waals surface area contributed by atoms with Gasteiger partial charge in [0.2, 0.25) is 0 Å². The molecule has 4 rings (SSSR count). The quantitative estimate of drug-likeness (QED) is 0.619. The number of carboxylic acids is 1. The molecule has 28 heavy (non-hydrogen) atoms. The zero-order valence-corrected chi connectivity index (χ0v) is 15.3. The highest BCUT2D eigenvalue weighted by molar-refractivity contribution is 7.14. The van der Waals surface area contributed by atoms with Gasteiger partial charge in [-0.1, -0.05) is 29.5 Å². The van der Waals surface area contributed by atoms with Crippen LogP contribution >= 0.6 is 11.3 Å².